The van der Waals surface area contributed by atoms with Crippen LogP contribution in [0.15, 0.2) is 0 Å². The first-order valence-corrected chi connectivity index (χ1v) is 3.76. The second-order valence-electron chi connectivity index (χ2n) is 2.41. The van der Waals surface area contributed by atoms with E-state index in [0.29, 0.717) is 11.5 Å². The smallest absolute Gasteiger partial charge is 0.251 e. The molecule has 0 aliphatic carbocycles. The molecule has 0 aromatic rings. The van der Waals surface area contributed by atoms with Gasteiger partial charge in [0.25, 0.3) is 5.91 Å². The second kappa shape index (κ2) is 3.15. The van der Waals surface area contributed by atoms with Crippen LogP contribution in [0.25, 0.3) is 0 Å². The molecular formula is C6H10N2O2S. The van der Waals surface area contributed by atoms with E-state index in [1.165, 1.54) is 4.90 Å². The van der Waals surface area contributed by atoms with Gasteiger partial charge in [-0.3, -0.25) is 9.69 Å². The van der Waals surface area contributed by atoms with Crippen LogP contribution in [-0.2, 0) is 4.79 Å². The number of hydrogen-bond acceptors (Lipinski definition) is 3. The van der Waals surface area contributed by atoms with Gasteiger partial charge in [0.1, 0.15) is 6.04 Å². The van der Waals surface area contributed by atoms with E-state index in [-0.39, 0.29) is 18.6 Å². The largest absolute Gasteiger partial charge is 0.396 e. The number of carbonyl (C=O) groups is 1. The molecule has 5 heteroatoms. The number of likely N-dealkylation sites (N-methyl/N-ethyl adjacent to an activating group) is 1. The van der Waals surface area contributed by atoms with Crippen LogP contribution in [0.3, 0.4) is 0 Å². The van der Waals surface area contributed by atoms with Crippen molar-refractivity contribution in [1.82, 2.24) is 10.2 Å². The molecule has 0 unspecified atom stereocenters. The quantitative estimate of drug-likeness (QED) is 0.532. The van der Waals surface area contributed by atoms with Crippen LogP contribution in [-0.4, -0.2) is 40.7 Å². The molecule has 1 fully saturated rings. The average Bonchev–Trinajstić information content (AvgIpc) is 2.19. The Morgan fingerprint density at radius 1 is 1.82 bits per heavy atom. The normalized spacial score (nSPS) is 24.2. The summed E-state index contributed by atoms with van der Waals surface area (Å²) in [5.41, 5.74) is 0. The van der Waals surface area contributed by atoms with E-state index in [0.717, 1.165) is 0 Å². The molecule has 0 saturated carbocycles. The maximum Gasteiger partial charge on any atom is 0.251 e. The topological polar surface area (TPSA) is 52.6 Å². The Bertz CT molecular complexity index is 195. The van der Waals surface area contributed by atoms with E-state index < -0.39 is 0 Å². The van der Waals surface area contributed by atoms with Crippen molar-refractivity contribution in [2.24, 2.45) is 0 Å². The van der Waals surface area contributed by atoms with Crippen LogP contribution in [0, 0.1) is 0 Å². The van der Waals surface area contributed by atoms with E-state index in [2.05, 4.69) is 5.32 Å². The van der Waals surface area contributed by atoms with Gasteiger partial charge in [0.15, 0.2) is 5.11 Å². The molecule has 1 heterocycles. The summed E-state index contributed by atoms with van der Waals surface area (Å²) in [6, 6.07) is -0.322. The Balaban J connectivity index is 2.60. The summed E-state index contributed by atoms with van der Waals surface area (Å²) in [6.45, 7) is -0.000139. The fourth-order valence-corrected chi connectivity index (χ4v) is 1.20. The maximum absolute atomic E-state index is 11.2. The van der Waals surface area contributed by atoms with Gasteiger partial charge in [-0.1, -0.05) is 0 Å². The van der Waals surface area contributed by atoms with Crippen molar-refractivity contribution >= 4 is 23.2 Å². The van der Waals surface area contributed by atoms with Gasteiger partial charge in [0, 0.05) is 13.7 Å². The molecule has 1 saturated heterocycles. The number of aliphatic hydroxyl groups is 1. The number of aliphatic hydroxyl groups excluding tert-OH is 1. The Kier molecular flexibility index (Phi) is 2.41. The van der Waals surface area contributed by atoms with Gasteiger partial charge < -0.3 is 10.4 Å². The molecule has 0 bridgehead atoms. The molecule has 1 atom stereocenters. The van der Waals surface area contributed by atoms with Crippen LogP contribution in [0.1, 0.15) is 6.42 Å². The highest BCUT2D eigenvalue weighted by atomic mass is 32.1. The summed E-state index contributed by atoms with van der Waals surface area (Å²) in [5.74, 6) is -0.0657. The van der Waals surface area contributed by atoms with Gasteiger partial charge >= 0.3 is 0 Å². The number of hydrogen-bond donors (Lipinski definition) is 2. The predicted molar refractivity (Wildman–Crippen MR) is 44.0 cm³/mol. The SMILES string of the molecule is CN1C(=O)[C@@H](CCO)NC1=S. The lowest BCUT2D eigenvalue weighted by Crippen LogP contribution is -2.29. The predicted octanol–water partition coefficient (Wildman–Crippen LogP) is -0.916. The Hall–Kier alpha value is -0.680. The number of nitrogens with one attached hydrogen (secondary N) is 1. The van der Waals surface area contributed by atoms with E-state index >= 15 is 0 Å². The number of carbonyl (C=O) groups excluding carboxylic acids is 1. The van der Waals surface area contributed by atoms with Gasteiger partial charge in [0.05, 0.1) is 0 Å². The summed E-state index contributed by atoms with van der Waals surface area (Å²) >= 11 is 4.82. The Morgan fingerprint density at radius 3 is 2.82 bits per heavy atom. The first kappa shape index (κ1) is 8.42. The first-order chi connectivity index (χ1) is 5.16. The lowest BCUT2D eigenvalue weighted by Gasteiger charge is -2.05. The third-order valence-corrected chi connectivity index (χ3v) is 2.04. The molecule has 1 amide bonds. The zero-order valence-corrected chi connectivity index (χ0v) is 7.02. The molecule has 0 aromatic heterocycles. The molecule has 0 aromatic carbocycles. The highest BCUT2D eigenvalue weighted by Crippen LogP contribution is 2.05. The minimum atomic E-state index is -0.322. The summed E-state index contributed by atoms with van der Waals surface area (Å²) in [6.07, 6.45) is 0.420. The van der Waals surface area contributed by atoms with Crippen molar-refractivity contribution in [2.45, 2.75) is 12.5 Å². The van der Waals surface area contributed by atoms with Crippen molar-refractivity contribution in [1.29, 1.82) is 0 Å². The minimum absolute atomic E-state index is 0.000139. The van der Waals surface area contributed by atoms with Crippen LogP contribution < -0.4 is 5.32 Å². The number of nitrogens with zero attached hydrogens (tertiary/aromatic N) is 1. The van der Waals surface area contributed by atoms with E-state index in [9.17, 15) is 4.79 Å². The standard InChI is InChI=1S/C6H10N2O2S/c1-8-5(10)4(2-3-9)7-6(8)11/h4,9H,2-3H2,1H3,(H,7,11)/t4-/m1/s1. The number of thiocarbonyl (C=S) groups is 1. The van der Waals surface area contributed by atoms with E-state index in [4.69, 9.17) is 17.3 Å². The summed E-state index contributed by atoms with van der Waals surface area (Å²) < 4.78 is 0. The molecule has 1 rings (SSSR count). The molecule has 2 N–H and O–H groups in total. The van der Waals surface area contributed by atoms with Crippen molar-refractivity contribution in [2.75, 3.05) is 13.7 Å². The molecular weight excluding hydrogens is 164 g/mol. The van der Waals surface area contributed by atoms with Crippen LogP contribution in [0.2, 0.25) is 0 Å². The number of amides is 1. The van der Waals surface area contributed by atoms with Gasteiger partial charge in [-0.2, -0.15) is 0 Å². The molecule has 0 radical (unpaired) electrons. The van der Waals surface area contributed by atoms with Crippen LogP contribution in [0.5, 0.6) is 0 Å². The van der Waals surface area contributed by atoms with Gasteiger partial charge in [-0.05, 0) is 18.6 Å². The Morgan fingerprint density at radius 2 is 2.45 bits per heavy atom. The summed E-state index contributed by atoms with van der Waals surface area (Å²) in [7, 11) is 1.62. The monoisotopic (exact) mass is 174 g/mol. The van der Waals surface area contributed by atoms with Crippen molar-refractivity contribution in [3.8, 4) is 0 Å². The highest BCUT2D eigenvalue weighted by molar-refractivity contribution is 7.80. The fraction of sp³-hybridized carbons (Fsp3) is 0.667. The third-order valence-electron chi connectivity index (χ3n) is 1.65. The molecule has 0 spiro atoms. The second-order valence-corrected chi connectivity index (χ2v) is 2.80. The van der Waals surface area contributed by atoms with Crippen molar-refractivity contribution in [3.05, 3.63) is 0 Å². The molecule has 62 valence electrons. The van der Waals surface area contributed by atoms with Crippen molar-refractivity contribution in [3.63, 3.8) is 0 Å². The molecule has 4 nitrogen and oxygen atoms in total. The maximum atomic E-state index is 11.2. The van der Waals surface area contributed by atoms with E-state index in [1.807, 2.05) is 0 Å². The zero-order valence-electron chi connectivity index (χ0n) is 6.20. The molecule has 11 heavy (non-hydrogen) atoms. The van der Waals surface area contributed by atoms with Gasteiger partial charge in [-0.15, -0.1) is 0 Å². The van der Waals surface area contributed by atoms with Crippen molar-refractivity contribution < 1.29 is 9.90 Å². The van der Waals surface area contributed by atoms with Crippen LogP contribution in [0.4, 0.5) is 0 Å². The highest BCUT2D eigenvalue weighted by Gasteiger charge is 2.31. The average molecular weight is 174 g/mol. The molecule has 1 aliphatic rings. The van der Waals surface area contributed by atoms with E-state index in [1.54, 1.807) is 7.05 Å². The zero-order chi connectivity index (χ0) is 8.43. The summed E-state index contributed by atoms with van der Waals surface area (Å²) in [4.78, 5) is 12.6. The van der Waals surface area contributed by atoms with Gasteiger partial charge in [-0.25, -0.2) is 0 Å². The fourth-order valence-electron chi connectivity index (χ4n) is 0.966. The lowest BCUT2D eigenvalue weighted by molar-refractivity contribution is -0.126. The third kappa shape index (κ3) is 1.49. The lowest BCUT2D eigenvalue weighted by atomic mass is 10.2. The first-order valence-electron chi connectivity index (χ1n) is 3.35. The van der Waals surface area contributed by atoms with Crippen LogP contribution >= 0.6 is 12.2 Å². The molecule has 1 aliphatic heterocycles. The number of rotatable bonds is 2. The van der Waals surface area contributed by atoms with Gasteiger partial charge in [0.2, 0.25) is 0 Å². The minimum Gasteiger partial charge on any atom is -0.396 e. The summed E-state index contributed by atoms with van der Waals surface area (Å²) in [5, 5.41) is 11.8. The Labute approximate surface area is 70.2 Å².